The van der Waals surface area contributed by atoms with Crippen molar-refractivity contribution in [2.45, 2.75) is 20.3 Å². The van der Waals surface area contributed by atoms with E-state index in [0.717, 1.165) is 17.5 Å². The summed E-state index contributed by atoms with van der Waals surface area (Å²) in [5.74, 6) is 0.106. The van der Waals surface area contributed by atoms with Crippen molar-refractivity contribution in [2.75, 3.05) is 0 Å². The van der Waals surface area contributed by atoms with Gasteiger partial charge in [-0.25, -0.2) is 0 Å². The second kappa shape index (κ2) is 6.14. The highest BCUT2D eigenvalue weighted by Crippen LogP contribution is 2.21. The van der Waals surface area contributed by atoms with Crippen molar-refractivity contribution in [3.8, 4) is 0 Å². The number of Topliss-reactive ketones (excluding diaryl/α,β-unsaturated/α-hetero) is 1. The van der Waals surface area contributed by atoms with Gasteiger partial charge in [0.1, 0.15) is 0 Å². The van der Waals surface area contributed by atoms with Gasteiger partial charge in [0.15, 0.2) is 5.78 Å². The maximum atomic E-state index is 11.2. The summed E-state index contributed by atoms with van der Waals surface area (Å²) in [6.07, 6.45) is 3.16. The molecule has 0 aromatic heterocycles. The minimum Gasteiger partial charge on any atom is -0.295 e. The van der Waals surface area contributed by atoms with Crippen LogP contribution in [-0.4, -0.2) is 5.78 Å². The molecular formula is C18H18O. The van der Waals surface area contributed by atoms with Crippen LogP contribution in [0.25, 0.3) is 11.6 Å². The summed E-state index contributed by atoms with van der Waals surface area (Å²) < 4.78 is 0. The summed E-state index contributed by atoms with van der Waals surface area (Å²) in [5, 5.41) is 0. The third kappa shape index (κ3) is 3.41. The fraction of sp³-hybridized carbons (Fsp3) is 0.167. The van der Waals surface area contributed by atoms with E-state index in [9.17, 15) is 4.79 Å². The van der Waals surface area contributed by atoms with E-state index in [1.807, 2.05) is 30.3 Å². The molecule has 2 aromatic rings. The number of carbonyl (C=O) groups excluding carboxylic acids is 1. The SMILES string of the molecule is CC/C(=C/c1ccc(C(C)=O)cc1)c1ccccc1. The standard InChI is InChI=1S/C18H18O/c1-3-16(18-7-5-4-6-8-18)13-15-9-11-17(12-10-15)14(2)19/h4-13H,3H2,1-2H3/b16-13-. The van der Waals surface area contributed by atoms with Crippen molar-refractivity contribution in [2.24, 2.45) is 0 Å². The number of ketones is 1. The molecule has 0 unspecified atom stereocenters. The average Bonchev–Trinajstić information content (AvgIpc) is 2.46. The van der Waals surface area contributed by atoms with Crippen molar-refractivity contribution >= 4 is 17.4 Å². The van der Waals surface area contributed by atoms with Gasteiger partial charge in [0, 0.05) is 5.56 Å². The van der Waals surface area contributed by atoms with Crippen LogP contribution < -0.4 is 0 Å². The smallest absolute Gasteiger partial charge is 0.159 e. The third-order valence-corrected chi connectivity index (χ3v) is 3.18. The van der Waals surface area contributed by atoms with E-state index in [1.54, 1.807) is 6.92 Å². The van der Waals surface area contributed by atoms with E-state index in [-0.39, 0.29) is 5.78 Å². The Morgan fingerprint density at radius 1 is 0.947 bits per heavy atom. The first kappa shape index (κ1) is 13.3. The van der Waals surface area contributed by atoms with Crippen LogP contribution in [0, 0.1) is 0 Å². The van der Waals surface area contributed by atoms with E-state index in [2.05, 4.69) is 37.3 Å². The summed E-state index contributed by atoms with van der Waals surface area (Å²) in [6.45, 7) is 3.75. The lowest BCUT2D eigenvalue weighted by Crippen LogP contribution is -1.90. The Hall–Kier alpha value is -2.15. The Morgan fingerprint density at radius 3 is 2.11 bits per heavy atom. The van der Waals surface area contributed by atoms with Crippen LogP contribution in [0.5, 0.6) is 0 Å². The van der Waals surface area contributed by atoms with Crippen LogP contribution in [0.3, 0.4) is 0 Å². The molecule has 0 saturated carbocycles. The number of hydrogen-bond donors (Lipinski definition) is 0. The molecule has 0 aliphatic carbocycles. The molecule has 96 valence electrons. The van der Waals surface area contributed by atoms with Gasteiger partial charge in [-0.05, 0) is 30.0 Å². The van der Waals surface area contributed by atoms with Crippen LogP contribution >= 0.6 is 0 Å². The molecule has 1 nitrogen and oxygen atoms in total. The number of allylic oxidation sites excluding steroid dienone is 1. The molecular weight excluding hydrogens is 232 g/mol. The van der Waals surface area contributed by atoms with Gasteiger partial charge in [0.05, 0.1) is 0 Å². The van der Waals surface area contributed by atoms with Crippen LogP contribution in [0.4, 0.5) is 0 Å². The maximum Gasteiger partial charge on any atom is 0.159 e. The lowest BCUT2D eigenvalue weighted by molar-refractivity contribution is 0.101. The normalized spacial score (nSPS) is 11.4. The topological polar surface area (TPSA) is 17.1 Å². The summed E-state index contributed by atoms with van der Waals surface area (Å²) in [6, 6.07) is 18.1. The lowest BCUT2D eigenvalue weighted by Gasteiger charge is -2.05. The zero-order valence-corrected chi connectivity index (χ0v) is 11.4. The summed E-state index contributed by atoms with van der Waals surface area (Å²) >= 11 is 0. The number of hydrogen-bond acceptors (Lipinski definition) is 1. The maximum absolute atomic E-state index is 11.2. The quantitative estimate of drug-likeness (QED) is 0.560. The third-order valence-electron chi connectivity index (χ3n) is 3.18. The Morgan fingerprint density at radius 2 is 1.58 bits per heavy atom. The first-order chi connectivity index (χ1) is 9.20. The van der Waals surface area contributed by atoms with E-state index < -0.39 is 0 Å². The molecule has 0 N–H and O–H groups in total. The molecule has 2 rings (SSSR count). The fourth-order valence-electron chi connectivity index (χ4n) is 2.06. The number of rotatable bonds is 4. The highest BCUT2D eigenvalue weighted by Gasteiger charge is 2.00. The van der Waals surface area contributed by atoms with E-state index in [0.29, 0.717) is 0 Å². The molecule has 0 aliphatic rings. The number of carbonyl (C=O) groups is 1. The van der Waals surface area contributed by atoms with Gasteiger partial charge >= 0.3 is 0 Å². The summed E-state index contributed by atoms with van der Waals surface area (Å²) in [5.41, 5.74) is 4.44. The van der Waals surface area contributed by atoms with Gasteiger partial charge in [-0.2, -0.15) is 0 Å². The van der Waals surface area contributed by atoms with Gasteiger partial charge < -0.3 is 0 Å². The molecule has 19 heavy (non-hydrogen) atoms. The predicted octanol–water partition coefficient (Wildman–Crippen LogP) is 4.84. The van der Waals surface area contributed by atoms with Crippen LogP contribution in [0.15, 0.2) is 54.6 Å². The molecule has 0 bridgehead atoms. The minimum absolute atomic E-state index is 0.106. The summed E-state index contributed by atoms with van der Waals surface area (Å²) in [4.78, 5) is 11.2. The highest BCUT2D eigenvalue weighted by molar-refractivity contribution is 5.94. The average molecular weight is 250 g/mol. The van der Waals surface area contributed by atoms with Gasteiger partial charge in [-0.15, -0.1) is 0 Å². The molecule has 0 radical (unpaired) electrons. The Balaban J connectivity index is 2.30. The molecule has 0 spiro atoms. The molecule has 0 atom stereocenters. The lowest BCUT2D eigenvalue weighted by atomic mass is 10.00. The van der Waals surface area contributed by atoms with Crippen molar-refractivity contribution in [3.05, 3.63) is 71.3 Å². The second-order valence-corrected chi connectivity index (χ2v) is 4.57. The first-order valence-electron chi connectivity index (χ1n) is 6.57. The van der Waals surface area contributed by atoms with Gasteiger partial charge in [0.25, 0.3) is 0 Å². The Bertz CT molecular complexity index is 577. The van der Waals surface area contributed by atoms with Crippen LogP contribution in [0.2, 0.25) is 0 Å². The van der Waals surface area contributed by atoms with Crippen molar-refractivity contribution in [1.82, 2.24) is 0 Å². The molecule has 0 aliphatic heterocycles. The fourth-order valence-corrected chi connectivity index (χ4v) is 2.06. The van der Waals surface area contributed by atoms with E-state index in [4.69, 9.17) is 0 Å². The van der Waals surface area contributed by atoms with Crippen molar-refractivity contribution in [1.29, 1.82) is 0 Å². The van der Waals surface area contributed by atoms with Crippen molar-refractivity contribution < 1.29 is 4.79 Å². The molecule has 0 heterocycles. The van der Waals surface area contributed by atoms with Gasteiger partial charge in [-0.1, -0.05) is 67.6 Å². The molecule has 2 aromatic carbocycles. The molecule has 0 saturated heterocycles. The predicted molar refractivity (Wildman–Crippen MR) is 81.1 cm³/mol. The van der Waals surface area contributed by atoms with E-state index in [1.165, 1.54) is 11.1 Å². The zero-order valence-electron chi connectivity index (χ0n) is 11.4. The highest BCUT2D eigenvalue weighted by atomic mass is 16.1. The van der Waals surface area contributed by atoms with Gasteiger partial charge in [-0.3, -0.25) is 4.79 Å². The van der Waals surface area contributed by atoms with Crippen LogP contribution in [0.1, 0.15) is 41.8 Å². The van der Waals surface area contributed by atoms with Crippen molar-refractivity contribution in [3.63, 3.8) is 0 Å². The summed E-state index contributed by atoms with van der Waals surface area (Å²) in [7, 11) is 0. The second-order valence-electron chi connectivity index (χ2n) is 4.57. The number of benzene rings is 2. The monoisotopic (exact) mass is 250 g/mol. The molecule has 0 fully saturated rings. The van der Waals surface area contributed by atoms with Crippen LogP contribution in [-0.2, 0) is 0 Å². The first-order valence-corrected chi connectivity index (χ1v) is 6.57. The molecule has 1 heteroatoms. The van der Waals surface area contributed by atoms with E-state index >= 15 is 0 Å². The minimum atomic E-state index is 0.106. The zero-order chi connectivity index (χ0) is 13.7. The van der Waals surface area contributed by atoms with Gasteiger partial charge in [0.2, 0.25) is 0 Å². The Kier molecular flexibility index (Phi) is 4.30. The Labute approximate surface area is 114 Å². The molecule has 0 amide bonds. The largest absolute Gasteiger partial charge is 0.295 e.